The maximum atomic E-state index is 12.1. The van der Waals surface area contributed by atoms with Crippen LogP contribution in [0.5, 0.6) is 0 Å². The Morgan fingerprint density at radius 3 is 2.89 bits per heavy atom. The fourth-order valence-electron chi connectivity index (χ4n) is 1.98. The first kappa shape index (κ1) is 11.9. The molecule has 1 aromatic heterocycles. The minimum absolute atomic E-state index is 0.175. The van der Waals surface area contributed by atoms with Crippen LogP contribution in [0.3, 0.4) is 0 Å². The van der Waals surface area contributed by atoms with Crippen LogP contribution < -0.4 is 16.8 Å². The van der Waals surface area contributed by atoms with Crippen molar-refractivity contribution >= 4 is 22.7 Å². The number of carbonyl (C=O) groups excluding carboxylic acids is 1. The first-order valence-corrected chi connectivity index (χ1v) is 5.85. The van der Waals surface area contributed by atoms with Crippen molar-refractivity contribution in [2.45, 2.75) is 0 Å². The number of rotatable bonds is 3. The molecule has 1 fully saturated rings. The molecule has 7 nitrogen and oxygen atoms in total. The van der Waals surface area contributed by atoms with Crippen molar-refractivity contribution in [2.75, 3.05) is 25.1 Å². The van der Waals surface area contributed by atoms with Gasteiger partial charge in [0, 0.05) is 12.2 Å². The highest BCUT2D eigenvalue weighted by Crippen LogP contribution is 2.28. The molecule has 2 aromatic rings. The van der Waals surface area contributed by atoms with E-state index in [0.29, 0.717) is 30.0 Å². The van der Waals surface area contributed by atoms with E-state index in [1.807, 2.05) is 0 Å². The molecule has 1 aliphatic heterocycles. The summed E-state index contributed by atoms with van der Waals surface area (Å²) in [6.45, 7) is 0.907. The molecule has 4 N–H and O–H groups in total. The fraction of sp³-hybridized carbons (Fsp3) is 0.333. The zero-order valence-corrected chi connectivity index (χ0v) is 10.1. The number of fused-ring (bicyclic) bond motifs is 1. The molecule has 100 valence electrons. The van der Waals surface area contributed by atoms with Gasteiger partial charge in [0.25, 0.3) is 0 Å². The van der Waals surface area contributed by atoms with Gasteiger partial charge in [-0.2, -0.15) is 0 Å². The zero-order valence-electron chi connectivity index (χ0n) is 10.1. The van der Waals surface area contributed by atoms with Gasteiger partial charge < -0.3 is 20.2 Å². The summed E-state index contributed by atoms with van der Waals surface area (Å²) in [6, 6.07) is 4.93. The number of nitrogens with two attached hydrogens (primary N) is 1. The summed E-state index contributed by atoms with van der Waals surface area (Å²) < 4.78 is 9.94. The zero-order chi connectivity index (χ0) is 13.5. The molecular formula is C12H13N3O4. The lowest BCUT2D eigenvalue weighted by molar-refractivity contribution is -0.153. The molecule has 0 atom stereocenters. The highest BCUT2D eigenvalue weighted by molar-refractivity contribution is 5.97. The van der Waals surface area contributed by atoms with Crippen LogP contribution in [0.15, 0.2) is 27.4 Å². The number of amides is 1. The number of hydrogen-bond acceptors (Lipinski definition) is 5. The average Bonchev–Trinajstić information content (AvgIpc) is 2.67. The Labute approximate surface area is 107 Å². The van der Waals surface area contributed by atoms with E-state index in [-0.39, 0.29) is 12.5 Å². The molecule has 0 unspecified atom stereocenters. The van der Waals surface area contributed by atoms with Crippen molar-refractivity contribution in [2.24, 2.45) is 11.1 Å². The van der Waals surface area contributed by atoms with Crippen molar-refractivity contribution in [1.82, 2.24) is 4.98 Å². The molecule has 0 spiro atoms. The number of benzene rings is 1. The van der Waals surface area contributed by atoms with Gasteiger partial charge in [0.2, 0.25) is 5.91 Å². The molecule has 0 saturated carbocycles. The minimum atomic E-state index is -0.640. The molecule has 0 radical (unpaired) electrons. The van der Waals surface area contributed by atoms with E-state index in [4.69, 9.17) is 14.9 Å². The van der Waals surface area contributed by atoms with Gasteiger partial charge in [0.1, 0.15) is 5.41 Å². The molecule has 2 heterocycles. The van der Waals surface area contributed by atoms with Crippen LogP contribution >= 0.6 is 0 Å². The van der Waals surface area contributed by atoms with Gasteiger partial charge in [-0.3, -0.25) is 9.78 Å². The molecule has 7 heteroatoms. The summed E-state index contributed by atoms with van der Waals surface area (Å²) in [5.74, 6) is -0.698. The Kier molecular flexibility index (Phi) is 2.65. The first-order chi connectivity index (χ1) is 9.13. The number of hydrogen-bond donors (Lipinski definition) is 3. The number of aromatic amines is 1. The number of H-pyrrole nitrogens is 1. The lowest BCUT2D eigenvalue weighted by Gasteiger charge is -2.38. The van der Waals surface area contributed by atoms with Crippen LogP contribution in [0, 0.1) is 5.41 Å². The average molecular weight is 263 g/mol. The maximum Gasteiger partial charge on any atom is 0.417 e. The molecule has 1 aliphatic rings. The summed E-state index contributed by atoms with van der Waals surface area (Å²) in [5, 5.41) is 2.77. The molecule has 0 bridgehead atoms. The van der Waals surface area contributed by atoms with Crippen molar-refractivity contribution < 1.29 is 13.9 Å². The van der Waals surface area contributed by atoms with Crippen LogP contribution in [0.4, 0.5) is 5.69 Å². The summed E-state index contributed by atoms with van der Waals surface area (Å²) in [4.78, 5) is 25.7. The molecular weight excluding hydrogens is 250 g/mol. The van der Waals surface area contributed by atoms with Crippen molar-refractivity contribution in [3.8, 4) is 0 Å². The van der Waals surface area contributed by atoms with E-state index < -0.39 is 11.2 Å². The second kappa shape index (κ2) is 4.22. The lowest BCUT2D eigenvalue weighted by atomic mass is 9.85. The Balaban J connectivity index is 1.84. The normalized spacial score (nSPS) is 17.1. The number of nitrogens with one attached hydrogen (secondary N) is 2. The first-order valence-electron chi connectivity index (χ1n) is 5.85. The van der Waals surface area contributed by atoms with Gasteiger partial charge in [-0.1, -0.05) is 0 Å². The summed E-state index contributed by atoms with van der Waals surface area (Å²) >= 11 is 0. The van der Waals surface area contributed by atoms with E-state index in [0.717, 1.165) is 0 Å². The van der Waals surface area contributed by atoms with Gasteiger partial charge in [-0.15, -0.1) is 0 Å². The number of oxazole rings is 1. The van der Waals surface area contributed by atoms with Gasteiger partial charge in [-0.25, -0.2) is 4.79 Å². The number of aromatic nitrogens is 1. The van der Waals surface area contributed by atoms with Crippen molar-refractivity contribution in [3.05, 3.63) is 28.7 Å². The van der Waals surface area contributed by atoms with Crippen LogP contribution in [-0.2, 0) is 9.53 Å². The van der Waals surface area contributed by atoms with Crippen molar-refractivity contribution in [1.29, 1.82) is 0 Å². The molecule has 1 amide bonds. The van der Waals surface area contributed by atoms with Gasteiger partial charge in [-0.05, 0) is 18.2 Å². The minimum Gasteiger partial charge on any atom is -0.408 e. The van der Waals surface area contributed by atoms with Crippen LogP contribution in [0.2, 0.25) is 0 Å². The highest BCUT2D eigenvalue weighted by atomic mass is 16.5. The Hall–Kier alpha value is -2.12. The predicted molar refractivity (Wildman–Crippen MR) is 67.8 cm³/mol. The maximum absolute atomic E-state index is 12.1. The fourth-order valence-corrected chi connectivity index (χ4v) is 1.98. The number of carbonyl (C=O) groups is 1. The Morgan fingerprint density at radius 2 is 2.26 bits per heavy atom. The number of ether oxygens (including phenoxy) is 1. The topological polar surface area (TPSA) is 110 Å². The molecule has 19 heavy (non-hydrogen) atoms. The SMILES string of the molecule is NCC1(C(=O)Nc2ccc3oc(=O)[nH]c3c2)COC1. The van der Waals surface area contributed by atoms with Crippen LogP contribution in [-0.4, -0.2) is 30.6 Å². The summed E-state index contributed by atoms with van der Waals surface area (Å²) in [6.07, 6.45) is 0. The van der Waals surface area contributed by atoms with E-state index in [2.05, 4.69) is 10.3 Å². The third-order valence-corrected chi connectivity index (χ3v) is 3.31. The van der Waals surface area contributed by atoms with Crippen LogP contribution in [0.1, 0.15) is 0 Å². The quantitative estimate of drug-likeness (QED) is 0.723. The Morgan fingerprint density at radius 1 is 1.47 bits per heavy atom. The van der Waals surface area contributed by atoms with Crippen LogP contribution in [0.25, 0.3) is 11.1 Å². The van der Waals surface area contributed by atoms with E-state index in [1.54, 1.807) is 18.2 Å². The van der Waals surface area contributed by atoms with Crippen molar-refractivity contribution in [3.63, 3.8) is 0 Å². The lowest BCUT2D eigenvalue weighted by Crippen LogP contribution is -2.56. The standard InChI is InChI=1S/C12H13N3O4/c13-4-12(5-18-6-12)10(16)14-7-1-2-9-8(3-7)15-11(17)19-9/h1-3H,4-6,13H2,(H,14,16)(H,15,17). The summed E-state index contributed by atoms with van der Waals surface area (Å²) in [5.41, 5.74) is 6.54. The highest BCUT2D eigenvalue weighted by Gasteiger charge is 2.44. The third kappa shape index (κ3) is 1.92. The van der Waals surface area contributed by atoms with E-state index in [9.17, 15) is 9.59 Å². The van der Waals surface area contributed by atoms with Gasteiger partial charge >= 0.3 is 5.76 Å². The smallest absolute Gasteiger partial charge is 0.408 e. The third-order valence-electron chi connectivity index (χ3n) is 3.31. The predicted octanol–water partition coefficient (Wildman–Crippen LogP) is 0.0349. The molecule has 0 aliphatic carbocycles. The van der Waals surface area contributed by atoms with E-state index in [1.165, 1.54) is 0 Å². The summed E-state index contributed by atoms with van der Waals surface area (Å²) in [7, 11) is 0. The largest absolute Gasteiger partial charge is 0.417 e. The molecule has 1 aromatic carbocycles. The second-order valence-electron chi connectivity index (χ2n) is 4.66. The Bertz CT molecular complexity index is 678. The molecule has 1 saturated heterocycles. The van der Waals surface area contributed by atoms with E-state index >= 15 is 0 Å². The molecule has 3 rings (SSSR count). The van der Waals surface area contributed by atoms with Gasteiger partial charge in [0.15, 0.2) is 5.58 Å². The monoisotopic (exact) mass is 263 g/mol. The number of anilines is 1. The van der Waals surface area contributed by atoms with Gasteiger partial charge in [0.05, 0.1) is 18.7 Å². The second-order valence-corrected chi connectivity index (χ2v) is 4.66.